The summed E-state index contributed by atoms with van der Waals surface area (Å²) in [5.74, 6) is 0.305. The summed E-state index contributed by atoms with van der Waals surface area (Å²) in [7, 11) is 0. The molecule has 1 amide bonds. The Morgan fingerprint density at radius 2 is 1.88 bits per heavy atom. The average Bonchev–Trinajstić information content (AvgIpc) is 3.24. The van der Waals surface area contributed by atoms with Crippen molar-refractivity contribution in [1.82, 2.24) is 14.8 Å². The van der Waals surface area contributed by atoms with E-state index >= 15 is 0 Å². The second-order valence-electron chi connectivity index (χ2n) is 8.20. The molecule has 2 aliphatic rings. The lowest BCUT2D eigenvalue weighted by Gasteiger charge is -2.38. The number of rotatable bonds is 4. The molecule has 0 bridgehead atoms. The third-order valence-electron chi connectivity index (χ3n) is 6.22. The van der Waals surface area contributed by atoms with Crippen molar-refractivity contribution in [3.8, 4) is 0 Å². The highest BCUT2D eigenvalue weighted by Gasteiger charge is 2.29. The fourth-order valence-corrected chi connectivity index (χ4v) is 4.76. The van der Waals surface area contributed by atoms with Crippen LogP contribution in [-0.4, -0.2) is 52.9 Å². The molecule has 4 heteroatoms. The van der Waals surface area contributed by atoms with Crippen molar-refractivity contribution in [3.63, 3.8) is 0 Å². The Balaban J connectivity index is 1.52. The van der Waals surface area contributed by atoms with Gasteiger partial charge in [0.1, 0.15) is 0 Å². The number of likely N-dealkylation sites (tertiary alicyclic amines) is 2. The Labute approximate surface area is 156 Å². The quantitative estimate of drug-likeness (QED) is 0.908. The van der Waals surface area contributed by atoms with Crippen LogP contribution < -0.4 is 0 Å². The van der Waals surface area contributed by atoms with Gasteiger partial charge in [0.05, 0.1) is 6.42 Å². The van der Waals surface area contributed by atoms with Crippen molar-refractivity contribution >= 4 is 16.8 Å². The summed E-state index contributed by atoms with van der Waals surface area (Å²) < 4.78 is 0. The number of aryl methyl sites for hydroxylation is 2. The number of amides is 1. The van der Waals surface area contributed by atoms with Crippen LogP contribution in [0.15, 0.2) is 18.2 Å². The maximum atomic E-state index is 13.2. The van der Waals surface area contributed by atoms with Gasteiger partial charge in [0.2, 0.25) is 5.91 Å². The monoisotopic (exact) mass is 353 g/mol. The molecule has 1 N–H and O–H groups in total. The molecule has 2 saturated heterocycles. The van der Waals surface area contributed by atoms with Crippen LogP contribution in [0.2, 0.25) is 0 Å². The summed E-state index contributed by atoms with van der Waals surface area (Å²) >= 11 is 0. The van der Waals surface area contributed by atoms with E-state index in [9.17, 15) is 4.79 Å². The van der Waals surface area contributed by atoms with E-state index in [1.54, 1.807) is 0 Å². The van der Waals surface area contributed by atoms with Gasteiger partial charge in [0, 0.05) is 35.7 Å². The summed E-state index contributed by atoms with van der Waals surface area (Å²) in [4.78, 5) is 21.4. The lowest BCUT2D eigenvalue weighted by molar-refractivity contribution is -0.134. The van der Waals surface area contributed by atoms with E-state index in [2.05, 4.69) is 46.8 Å². The van der Waals surface area contributed by atoms with Crippen LogP contribution in [0.5, 0.6) is 0 Å². The molecule has 4 nitrogen and oxygen atoms in total. The van der Waals surface area contributed by atoms with Crippen molar-refractivity contribution in [3.05, 3.63) is 35.0 Å². The van der Waals surface area contributed by atoms with Crippen LogP contribution in [0.25, 0.3) is 10.9 Å². The van der Waals surface area contributed by atoms with E-state index in [1.807, 2.05) is 0 Å². The standard InChI is InChI=1S/C22H31N3O/c1-16-8-9-21-20(13-16)19(17(2)23-21)14-22(26)25-12-4-3-7-18(25)15-24-10-5-6-11-24/h8-9,13,18,23H,3-7,10-12,14-15H2,1-2H3. The lowest BCUT2D eigenvalue weighted by atomic mass is 9.99. The number of piperidine rings is 1. The van der Waals surface area contributed by atoms with Crippen LogP contribution in [-0.2, 0) is 11.2 Å². The highest BCUT2D eigenvalue weighted by atomic mass is 16.2. The number of hydrogen-bond acceptors (Lipinski definition) is 2. The first-order chi connectivity index (χ1) is 12.6. The Morgan fingerprint density at radius 3 is 2.69 bits per heavy atom. The smallest absolute Gasteiger partial charge is 0.227 e. The summed E-state index contributed by atoms with van der Waals surface area (Å²) in [5, 5.41) is 1.21. The van der Waals surface area contributed by atoms with Crippen LogP contribution in [0.4, 0.5) is 0 Å². The SMILES string of the molecule is Cc1ccc2[nH]c(C)c(CC(=O)N3CCCCC3CN3CCCC3)c2c1. The number of hydrogen-bond donors (Lipinski definition) is 1. The number of aromatic nitrogens is 1. The fourth-order valence-electron chi connectivity index (χ4n) is 4.76. The van der Waals surface area contributed by atoms with E-state index in [0.29, 0.717) is 18.4 Å². The molecule has 4 rings (SSSR count). The van der Waals surface area contributed by atoms with Gasteiger partial charge in [-0.25, -0.2) is 0 Å². The maximum Gasteiger partial charge on any atom is 0.227 e. The first-order valence-corrected chi connectivity index (χ1v) is 10.2. The molecule has 0 aliphatic carbocycles. The molecule has 0 spiro atoms. The molecule has 0 saturated carbocycles. The van der Waals surface area contributed by atoms with E-state index in [4.69, 9.17) is 0 Å². The maximum absolute atomic E-state index is 13.2. The van der Waals surface area contributed by atoms with E-state index in [1.165, 1.54) is 48.9 Å². The molecule has 1 aromatic carbocycles. The zero-order valence-electron chi connectivity index (χ0n) is 16.2. The van der Waals surface area contributed by atoms with Crippen LogP contribution in [0, 0.1) is 13.8 Å². The molecule has 1 unspecified atom stereocenters. The topological polar surface area (TPSA) is 39.3 Å². The number of nitrogens with one attached hydrogen (secondary N) is 1. The first-order valence-electron chi connectivity index (χ1n) is 10.2. The Morgan fingerprint density at radius 1 is 1.12 bits per heavy atom. The molecule has 0 radical (unpaired) electrons. The van der Waals surface area contributed by atoms with E-state index < -0.39 is 0 Å². The summed E-state index contributed by atoms with van der Waals surface area (Å²) in [5.41, 5.74) is 4.70. The molecule has 2 fully saturated rings. The molecule has 2 aliphatic heterocycles. The minimum absolute atomic E-state index is 0.305. The zero-order chi connectivity index (χ0) is 18.1. The normalized spacial score (nSPS) is 21.6. The Bertz CT molecular complexity index is 788. The zero-order valence-corrected chi connectivity index (χ0v) is 16.2. The molecule has 140 valence electrons. The van der Waals surface area contributed by atoms with Crippen molar-refractivity contribution in [2.45, 2.75) is 58.4 Å². The van der Waals surface area contributed by atoms with E-state index in [-0.39, 0.29) is 0 Å². The second kappa shape index (κ2) is 7.43. The molecular formula is C22H31N3O. The van der Waals surface area contributed by atoms with Gasteiger partial charge in [-0.05, 0) is 76.7 Å². The Kier molecular flexibility index (Phi) is 5.03. The molecule has 2 aromatic rings. The summed E-state index contributed by atoms with van der Waals surface area (Å²) in [6.45, 7) is 8.62. The van der Waals surface area contributed by atoms with Gasteiger partial charge < -0.3 is 14.8 Å². The van der Waals surface area contributed by atoms with Crippen LogP contribution in [0.1, 0.15) is 48.9 Å². The third-order valence-corrected chi connectivity index (χ3v) is 6.22. The predicted molar refractivity (Wildman–Crippen MR) is 107 cm³/mol. The van der Waals surface area contributed by atoms with Crippen LogP contribution >= 0.6 is 0 Å². The number of carbonyl (C=O) groups is 1. The van der Waals surface area contributed by atoms with Gasteiger partial charge in [0.25, 0.3) is 0 Å². The van der Waals surface area contributed by atoms with Gasteiger partial charge in [0.15, 0.2) is 0 Å². The van der Waals surface area contributed by atoms with Crippen molar-refractivity contribution in [2.75, 3.05) is 26.2 Å². The third kappa shape index (κ3) is 3.52. The predicted octanol–water partition coefficient (Wildman–Crippen LogP) is 3.80. The van der Waals surface area contributed by atoms with Crippen molar-refractivity contribution in [1.29, 1.82) is 0 Å². The van der Waals surface area contributed by atoms with Crippen LogP contribution in [0.3, 0.4) is 0 Å². The van der Waals surface area contributed by atoms with Gasteiger partial charge in [-0.3, -0.25) is 4.79 Å². The molecule has 1 aromatic heterocycles. The largest absolute Gasteiger partial charge is 0.358 e. The Hall–Kier alpha value is -1.81. The highest BCUT2D eigenvalue weighted by molar-refractivity contribution is 5.90. The van der Waals surface area contributed by atoms with Gasteiger partial charge in [-0.15, -0.1) is 0 Å². The number of nitrogens with zero attached hydrogens (tertiary/aromatic N) is 2. The van der Waals surface area contributed by atoms with Gasteiger partial charge in [-0.1, -0.05) is 11.6 Å². The average molecular weight is 354 g/mol. The number of carbonyl (C=O) groups excluding carboxylic acids is 1. The number of fused-ring (bicyclic) bond motifs is 1. The minimum atomic E-state index is 0.305. The van der Waals surface area contributed by atoms with Crippen molar-refractivity contribution in [2.24, 2.45) is 0 Å². The van der Waals surface area contributed by atoms with Crippen molar-refractivity contribution < 1.29 is 4.79 Å². The highest BCUT2D eigenvalue weighted by Crippen LogP contribution is 2.26. The summed E-state index contributed by atoms with van der Waals surface area (Å²) in [6, 6.07) is 6.87. The number of aromatic amines is 1. The van der Waals surface area contributed by atoms with Gasteiger partial charge in [-0.2, -0.15) is 0 Å². The lowest BCUT2D eigenvalue weighted by Crippen LogP contribution is -2.49. The van der Waals surface area contributed by atoms with E-state index in [0.717, 1.165) is 37.1 Å². The molecule has 1 atom stereocenters. The molecule has 3 heterocycles. The number of benzene rings is 1. The first kappa shape index (κ1) is 17.6. The minimum Gasteiger partial charge on any atom is -0.358 e. The molecule has 26 heavy (non-hydrogen) atoms. The second-order valence-corrected chi connectivity index (χ2v) is 8.20. The fraction of sp³-hybridized carbons (Fsp3) is 0.591. The number of H-pyrrole nitrogens is 1. The summed E-state index contributed by atoms with van der Waals surface area (Å²) in [6.07, 6.45) is 6.71. The van der Waals surface area contributed by atoms with Gasteiger partial charge >= 0.3 is 0 Å². The molecular weight excluding hydrogens is 322 g/mol.